The molecule has 2 aliphatic carbocycles. The molecule has 0 fully saturated rings. The minimum Gasteiger partial charge on any atom is -0.456 e. The van der Waals surface area contributed by atoms with E-state index in [0.29, 0.717) is 0 Å². The summed E-state index contributed by atoms with van der Waals surface area (Å²) in [4.78, 5) is 4.90. The third-order valence-corrected chi connectivity index (χ3v) is 21.0. The Morgan fingerprint density at radius 1 is 0.219 bits per heavy atom. The average molecular weight is 1230 g/mol. The van der Waals surface area contributed by atoms with Gasteiger partial charge in [-0.1, -0.05) is 240 Å². The van der Waals surface area contributed by atoms with Gasteiger partial charge >= 0.3 is 0 Å². The minimum absolute atomic E-state index is 0.182. The maximum Gasteiger partial charge on any atom is 0.137 e. The molecule has 19 rings (SSSR count). The number of rotatable bonds is 10. The quantitative estimate of drug-likeness (QED) is 0.137. The number of fused-ring (bicyclic) bond motifs is 14. The predicted molar refractivity (Wildman–Crippen MR) is 402 cm³/mol. The zero-order valence-electron chi connectivity index (χ0n) is 53.7. The summed E-state index contributed by atoms with van der Waals surface area (Å²) >= 11 is 0. The van der Waals surface area contributed by atoms with Gasteiger partial charge in [-0.2, -0.15) is 0 Å². The van der Waals surface area contributed by atoms with E-state index in [1.165, 1.54) is 55.3 Å². The highest BCUT2D eigenvalue weighted by atomic mass is 16.3. The molecule has 0 atom stereocenters. The van der Waals surface area contributed by atoms with Gasteiger partial charge in [-0.25, -0.2) is 0 Å². The zero-order chi connectivity index (χ0) is 64.0. The van der Waals surface area contributed by atoms with Crippen LogP contribution < -0.4 is 9.80 Å². The fourth-order valence-electron chi connectivity index (χ4n) is 16.2. The van der Waals surface area contributed by atoms with Crippen molar-refractivity contribution in [3.63, 3.8) is 0 Å². The summed E-state index contributed by atoms with van der Waals surface area (Å²) in [5, 5.41) is 9.05. The summed E-state index contributed by atoms with van der Waals surface area (Å²) in [6, 6.07) is 116. The van der Waals surface area contributed by atoms with Gasteiger partial charge in [0.05, 0.1) is 11.4 Å². The molecule has 2 aromatic heterocycles. The molecule has 15 aromatic carbocycles. The molecule has 4 nitrogen and oxygen atoms in total. The monoisotopic (exact) mass is 1230 g/mol. The van der Waals surface area contributed by atoms with Crippen molar-refractivity contribution in [2.45, 2.75) is 38.5 Å². The van der Waals surface area contributed by atoms with Crippen molar-refractivity contribution in [2.75, 3.05) is 9.80 Å². The molecule has 0 radical (unpaired) electrons. The van der Waals surface area contributed by atoms with Crippen molar-refractivity contribution >= 4 is 99.5 Å². The van der Waals surface area contributed by atoms with Gasteiger partial charge in [0, 0.05) is 72.1 Å². The van der Waals surface area contributed by atoms with Crippen LogP contribution in [0.25, 0.3) is 132 Å². The highest BCUT2D eigenvalue weighted by Crippen LogP contribution is 2.55. The van der Waals surface area contributed by atoms with Crippen LogP contribution in [0.1, 0.15) is 49.9 Å². The lowest BCUT2D eigenvalue weighted by Crippen LogP contribution is -2.17. The lowest BCUT2D eigenvalue weighted by molar-refractivity contribution is 0.660. The Labute approximate surface area is 557 Å². The molecule has 0 amide bonds. The molecule has 0 aliphatic heterocycles. The largest absolute Gasteiger partial charge is 0.456 e. The van der Waals surface area contributed by atoms with Crippen LogP contribution in [0.4, 0.5) is 34.1 Å². The third kappa shape index (κ3) is 8.68. The lowest BCUT2D eigenvalue weighted by atomic mass is 9.82. The molecule has 0 spiro atoms. The van der Waals surface area contributed by atoms with E-state index in [4.69, 9.17) is 8.83 Å². The molecule has 4 heteroatoms. The zero-order valence-corrected chi connectivity index (χ0v) is 53.7. The van der Waals surface area contributed by atoms with Crippen molar-refractivity contribution in [1.29, 1.82) is 0 Å². The highest BCUT2D eigenvalue weighted by Gasteiger charge is 2.38. The van der Waals surface area contributed by atoms with Gasteiger partial charge < -0.3 is 18.6 Å². The third-order valence-electron chi connectivity index (χ3n) is 21.0. The summed E-state index contributed by atoms with van der Waals surface area (Å²) < 4.78 is 13.7. The number of hydrogen-bond donors (Lipinski definition) is 0. The van der Waals surface area contributed by atoms with E-state index in [1.807, 2.05) is 6.07 Å². The number of benzene rings is 15. The van der Waals surface area contributed by atoms with Crippen molar-refractivity contribution in [1.82, 2.24) is 0 Å². The fraction of sp³-hybridized carbons (Fsp3) is 0.0652. The number of para-hydroxylation sites is 1. The Morgan fingerprint density at radius 3 is 1.38 bits per heavy atom. The van der Waals surface area contributed by atoms with Gasteiger partial charge in [0.2, 0.25) is 0 Å². The summed E-state index contributed by atoms with van der Waals surface area (Å²) in [6.07, 6.45) is 0. The Morgan fingerprint density at radius 2 is 0.677 bits per heavy atom. The Hall–Kier alpha value is -12.0. The van der Waals surface area contributed by atoms with E-state index >= 15 is 0 Å². The van der Waals surface area contributed by atoms with E-state index in [2.05, 4.69) is 347 Å². The lowest BCUT2D eigenvalue weighted by Gasteiger charge is -2.30. The average Bonchev–Trinajstić information content (AvgIpc) is 1.52. The van der Waals surface area contributed by atoms with E-state index < -0.39 is 0 Å². The highest BCUT2D eigenvalue weighted by molar-refractivity contribution is 6.12. The first-order valence-corrected chi connectivity index (χ1v) is 33.4. The van der Waals surface area contributed by atoms with Gasteiger partial charge in [0.25, 0.3) is 0 Å². The Bertz CT molecular complexity index is 6030. The van der Waals surface area contributed by atoms with Gasteiger partial charge in [-0.3, -0.25) is 0 Å². The van der Waals surface area contributed by atoms with E-state index in [0.717, 1.165) is 133 Å². The second-order valence-electron chi connectivity index (χ2n) is 27.2. The van der Waals surface area contributed by atoms with Crippen molar-refractivity contribution < 1.29 is 8.83 Å². The van der Waals surface area contributed by atoms with Crippen LogP contribution in [0, 0.1) is 0 Å². The molecule has 2 heterocycles. The van der Waals surface area contributed by atoms with Gasteiger partial charge in [0.15, 0.2) is 0 Å². The van der Waals surface area contributed by atoms with Crippen LogP contribution >= 0.6 is 0 Å². The van der Waals surface area contributed by atoms with Crippen LogP contribution in [-0.2, 0) is 10.8 Å². The number of hydrogen-bond acceptors (Lipinski definition) is 4. The van der Waals surface area contributed by atoms with Crippen LogP contribution in [0.5, 0.6) is 0 Å². The van der Waals surface area contributed by atoms with E-state index in [9.17, 15) is 0 Å². The Balaban J connectivity index is 0.731. The van der Waals surface area contributed by atoms with E-state index in [1.54, 1.807) is 0 Å². The van der Waals surface area contributed by atoms with Crippen LogP contribution in [0.2, 0.25) is 0 Å². The van der Waals surface area contributed by atoms with Crippen LogP contribution in [0.3, 0.4) is 0 Å². The molecular weight excluding hydrogens is 1170 g/mol. The molecule has 96 heavy (non-hydrogen) atoms. The maximum absolute atomic E-state index is 7.15. The standard InChI is InChI=1S/C92H64N2O2/c1-91(2)81-30-16-13-27-70(81)72-46-42-67(51-83(72)91)93(65-39-35-60(36-40-65)77-55-89-79(74-29-15-18-33-87(74)95-89)53-76(77)58-21-7-5-8-22-58)85-32-19-26-64-48-62(37-44-69(64)85)63-38-45-75-80-54-78(59-23-9-6-10-24-59)86(56-90(80)96-88(75)50-63)94(66-41-34-57-20-11-12-25-61(57)49-66)68-43-47-73-71-28-14-17-31-82(71)92(3,4)84(73)52-68/h5-56H,1-4H3. The molecule has 2 aliphatic rings. The van der Waals surface area contributed by atoms with Crippen molar-refractivity contribution in [2.24, 2.45) is 0 Å². The van der Waals surface area contributed by atoms with Gasteiger partial charge in [0.1, 0.15) is 22.3 Å². The first-order chi connectivity index (χ1) is 47.1. The first kappa shape index (κ1) is 55.6. The number of anilines is 6. The van der Waals surface area contributed by atoms with Crippen LogP contribution in [0.15, 0.2) is 324 Å². The minimum atomic E-state index is -0.186. The summed E-state index contributed by atoms with van der Waals surface area (Å²) in [6.45, 7) is 9.45. The van der Waals surface area contributed by atoms with Crippen molar-refractivity contribution in [3.8, 4) is 66.8 Å². The summed E-state index contributed by atoms with van der Waals surface area (Å²) in [5.41, 5.74) is 29.1. The summed E-state index contributed by atoms with van der Waals surface area (Å²) in [5.74, 6) is 0. The second-order valence-corrected chi connectivity index (χ2v) is 27.2. The SMILES string of the molecule is CC1(C)c2ccccc2-c2ccc(N(c3ccc4ccccc4c3)c3cc4oc5cc(-c6ccc7c(N(c8ccc(-c9cc%10oc%11ccccc%11c%10cc9-c9ccccc9)cc8)c8ccc9c(c8)C(C)(C)c8ccccc8-9)cccc7c6)ccc5c4cc3-c3ccccc3)cc21. The molecule has 0 saturated carbocycles. The molecule has 0 bridgehead atoms. The smallest absolute Gasteiger partial charge is 0.137 e. The summed E-state index contributed by atoms with van der Waals surface area (Å²) in [7, 11) is 0. The van der Waals surface area contributed by atoms with Crippen LogP contribution in [-0.4, -0.2) is 0 Å². The molecule has 0 N–H and O–H groups in total. The number of furan rings is 2. The molecule has 454 valence electrons. The molecule has 0 unspecified atom stereocenters. The Kier molecular flexibility index (Phi) is 12.3. The number of nitrogens with zero attached hydrogens (tertiary/aromatic N) is 2. The molecular formula is C92H64N2O2. The van der Waals surface area contributed by atoms with E-state index in [-0.39, 0.29) is 10.8 Å². The van der Waals surface area contributed by atoms with Crippen molar-refractivity contribution in [3.05, 3.63) is 338 Å². The normalized spacial score (nSPS) is 13.4. The second kappa shape index (κ2) is 21.3. The fourth-order valence-corrected chi connectivity index (χ4v) is 16.2. The van der Waals surface area contributed by atoms with Gasteiger partial charge in [-0.15, -0.1) is 0 Å². The first-order valence-electron chi connectivity index (χ1n) is 33.4. The predicted octanol–water partition coefficient (Wildman–Crippen LogP) is 26.0. The topological polar surface area (TPSA) is 32.8 Å². The van der Waals surface area contributed by atoms with Gasteiger partial charge in [-0.05, 0) is 197 Å². The molecule has 17 aromatic rings. The maximum atomic E-state index is 7.15. The molecule has 0 saturated heterocycles.